The van der Waals surface area contributed by atoms with Crippen molar-refractivity contribution in [2.75, 3.05) is 24.6 Å². The zero-order chi connectivity index (χ0) is 17.9. The van der Waals surface area contributed by atoms with Crippen LogP contribution in [0.25, 0.3) is 17.3 Å². The van der Waals surface area contributed by atoms with Gasteiger partial charge in [0.05, 0.1) is 5.56 Å². The Hall–Kier alpha value is -2.68. The van der Waals surface area contributed by atoms with Crippen molar-refractivity contribution in [1.29, 1.82) is 0 Å². The minimum absolute atomic E-state index is 0.0485. The number of carbonyl (C=O) groups excluding carboxylic acids is 1. The van der Waals surface area contributed by atoms with Crippen molar-refractivity contribution >= 4 is 17.7 Å². The highest BCUT2D eigenvalue weighted by molar-refractivity contribution is 7.99. The predicted octanol–water partition coefficient (Wildman–Crippen LogP) is 2.07. The molecule has 0 bridgehead atoms. The van der Waals surface area contributed by atoms with Gasteiger partial charge in [0.25, 0.3) is 11.8 Å². The fraction of sp³-hybridized carbons (Fsp3) is 0.353. The summed E-state index contributed by atoms with van der Waals surface area (Å²) in [5.74, 6) is 3.52. The Bertz CT molecular complexity index is 915. The van der Waals surface area contributed by atoms with E-state index in [1.165, 1.54) is 0 Å². The summed E-state index contributed by atoms with van der Waals surface area (Å²) >= 11 is 1.86. The molecule has 134 valence electrons. The van der Waals surface area contributed by atoms with E-state index in [2.05, 4.69) is 20.1 Å². The first-order chi connectivity index (χ1) is 12.8. The summed E-state index contributed by atoms with van der Waals surface area (Å²) in [6.07, 6.45) is 5.66. The molecule has 0 unspecified atom stereocenters. The first-order valence-electron chi connectivity index (χ1n) is 8.45. The fourth-order valence-electron chi connectivity index (χ4n) is 2.75. The highest BCUT2D eigenvalue weighted by atomic mass is 32.2. The maximum absolute atomic E-state index is 12.6. The largest absolute Gasteiger partial charge is 0.336 e. The number of hydrogen-bond donors (Lipinski definition) is 0. The van der Waals surface area contributed by atoms with Crippen LogP contribution in [0.15, 0.2) is 35.4 Å². The van der Waals surface area contributed by atoms with E-state index in [1.807, 2.05) is 35.7 Å². The lowest BCUT2D eigenvalue weighted by Crippen LogP contribution is -2.38. The number of thioether (sulfide) groups is 1. The third kappa shape index (κ3) is 3.22. The quantitative estimate of drug-likeness (QED) is 0.694. The van der Waals surface area contributed by atoms with E-state index in [9.17, 15) is 4.79 Å². The van der Waals surface area contributed by atoms with Crippen molar-refractivity contribution in [2.45, 2.75) is 13.3 Å². The Kier molecular flexibility index (Phi) is 4.70. The summed E-state index contributed by atoms with van der Waals surface area (Å²) in [5.41, 5.74) is 1.11. The van der Waals surface area contributed by atoms with Gasteiger partial charge in [-0.2, -0.15) is 16.7 Å². The van der Waals surface area contributed by atoms with Gasteiger partial charge in [-0.25, -0.2) is 9.97 Å². The number of amides is 1. The van der Waals surface area contributed by atoms with Crippen LogP contribution in [0.5, 0.6) is 0 Å². The molecule has 1 amide bonds. The molecular weight excluding hydrogens is 352 g/mol. The lowest BCUT2D eigenvalue weighted by atomic mass is 10.2. The van der Waals surface area contributed by atoms with Crippen LogP contribution in [-0.4, -0.2) is 60.1 Å². The molecule has 0 spiro atoms. The molecule has 1 saturated heterocycles. The van der Waals surface area contributed by atoms with Crippen molar-refractivity contribution in [3.05, 3.63) is 42.4 Å². The Morgan fingerprint density at radius 3 is 2.92 bits per heavy atom. The number of rotatable bonds is 4. The van der Waals surface area contributed by atoms with Gasteiger partial charge in [-0.3, -0.25) is 9.36 Å². The van der Waals surface area contributed by atoms with Crippen LogP contribution in [-0.2, 0) is 6.42 Å². The van der Waals surface area contributed by atoms with Crippen LogP contribution in [0, 0.1) is 0 Å². The minimum atomic E-state index is -0.0485. The molecule has 3 aromatic heterocycles. The molecule has 4 rings (SSSR count). The monoisotopic (exact) mass is 370 g/mol. The molecule has 0 radical (unpaired) electrons. The third-order valence-corrected chi connectivity index (χ3v) is 5.09. The first kappa shape index (κ1) is 16.8. The summed E-state index contributed by atoms with van der Waals surface area (Å²) in [4.78, 5) is 27.5. The van der Waals surface area contributed by atoms with Gasteiger partial charge in [0, 0.05) is 43.4 Å². The number of hydrogen-bond acceptors (Lipinski definition) is 7. The minimum Gasteiger partial charge on any atom is -0.336 e. The first-order valence-corrected chi connectivity index (χ1v) is 9.61. The average molecular weight is 370 g/mol. The van der Waals surface area contributed by atoms with E-state index < -0.39 is 0 Å². The summed E-state index contributed by atoms with van der Waals surface area (Å²) in [5, 5.41) is 3.94. The zero-order valence-electron chi connectivity index (χ0n) is 14.3. The molecule has 9 heteroatoms. The predicted molar refractivity (Wildman–Crippen MR) is 97.3 cm³/mol. The smallest absolute Gasteiger partial charge is 0.274 e. The molecule has 8 nitrogen and oxygen atoms in total. The standard InChI is InChI=1S/C17H18N6O2S/c1-2-14-20-16(25-21-14)12-4-3-5-18-15(12)23-10-13(19-11-23)17(24)22-6-8-26-9-7-22/h3-5,10-11H,2,6-9H2,1H3. The van der Waals surface area contributed by atoms with E-state index in [1.54, 1.807) is 23.3 Å². The number of aryl methyl sites for hydroxylation is 1. The molecule has 0 N–H and O–H groups in total. The van der Waals surface area contributed by atoms with Gasteiger partial charge in [0.1, 0.15) is 12.0 Å². The molecule has 4 heterocycles. The van der Waals surface area contributed by atoms with Crippen LogP contribution in [0.1, 0.15) is 23.2 Å². The van der Waals surface area contributed by atoms with Crippen molar-refractivity contribution in [2.24, 2.45) is 0 Å². The molecule has 3 aromatic rings. The molecule has 1 fully saturated rings. The number of aromatic nitrogens is 5. The summed E-state index contributed by atoms with van der Waals surface area (Å²) in [6, 6.07) is 3.67. The lowest BCUT2D eigenvalue weighted by molar-refractivity contribution is 0.0767. The van der Waals surface area contributed by atoms with Crippen LogP contribution in [0.2, 0.25) is 0 Å². The summed E-state index contributed by atoms with van der Waals surface area (Å²) in [6.45, 7) is 3.48. The second-order valence-electron chi connectivity index (χ2n) is 5.81. The molecule has 0 aliphatic carbocycles. The second kappa shape index (κ2) is 7.28. The maximum Gasteiger partial charge on any atom is 0.274 e. The van der Waals surface area contributed by atoms with Gasteiger partial charge in [-0.1, -0.05) is 12.1 Å². The highest BCUT2D eigenvalue weighted by Gasteiger charge is 2.22. The van der Waals surface area contributed by atoms with Gasteiger partial charge in [0.2, 0.25) is 0 Å². The highest BCUT2D eigenvalue weighted by Crippen LogP contribution is 2.24. The Labute approximate surface area is 154 Å². The average Bonchev–Trinajstić information content (AvgIpc) is 3.38. The number of imidazole rings is 1. The third-order valence-electron chi connectivity index (χ3n) is 4.15. The van der Waals surface area contributed by atoms with Crippen LogP contribution in [0.3, 0.4) is 0 Å². The maximum atomic E-state index is 12.6. The molecule has 0 aromatic carbocycles. The van der Waals surface area contributed by atoms with Crippen molar-refractivity contribution in [1.82, 2.24) is 29.6 Å². The van der Waals surface area contributed by atoms with E-state index in [-0.39, 0.29) is 5.91 Å². The van der Waals surface area contributed by atoms with Gasteiger partial charge < -0.3 is 9.42 Å². The SMILES string of the molecule is CCc1noc(-c2cccnc2-n2cnc(C(=O)N3CCSCC3)c2)n1. The summed E-state index contributed by atoms with van der Waals surface area (Å²) < 4.78 is 7.06. The Balaban J connectivity index is 1.64. The van der Waals surface area contributed by atoms with E-state index >= 15 is 0 Å². The van der Waals surface area contributed by atoms with Gasteiger partial charge in [0.15, 0.2) is 11.6 Å². The number of pyridine rings is 1. The zero-order valence-corrected chi connectivity index (χ0v) is 15.1. The molecule has 0 atom stereocenters. The Morgan fingerprint density at radius 2 is 2.15 bits per heavy atom. The number of nitrogens with zero attached hydrogens (tertiary/aromatic N) is 6. The topological polar surface area (TPSA) is 89.9 Å². The van der Waals surface area contributed by atoms with Gasteiger partial charge in [-0.15, -0.1) is 0 Å². The molecule has 1 aliphatic heterocycles. The van der Waals surface area contributed by atoms with Crippen LogP contribution >= 0.6 is 11.8 Å². The molecular formula is C17H18N6O2S. The number of carbonyl (C=O) groups is 1. The van der Waals surface area contributed by atoms with Crippen LogP contribution in [0.4, 0.5) is 0 Å². The van der Waals surface area contributed by atoms with Gasteiger partial charge >= 0.3 is 0 Å². The lowest BCUT2D eigenvalue weighted by Gasteiger charge is -2.25. The molecule has 26 heavy (non-hydrogen) atoms. The molecule has 1 aliphatic rings. The second-order valence-corrected chi connectivity index (χ2v) is 7.04. The van der Waals surface area contributed by atoms with E-state index in [0.717, 1.165) is 24.6 Å². The Morgan fingerprint density at radius 1 is 1.31 bits per heavy atom. The van der Waals surface area contributed by atoms with Gasteiger partial charge in [-0.05, 0) is 12.1 Å². The van der Waals surface area contributed by atoms with E-state index in [0.29, 0.717) is 35.2 Å². The van der Waals surface area contributed by atoms with Crippen LogP contribution < -0.4 is 0 Å². The van der Waals surface area contributed by atoms with Crippen molar-refractivity contribution < 1.29 is 9.32 Å². The normalized spacial score (nSPS) is 14.6. The molecule has 0 saturated carbocycles. The van der Waals surface area contributed by atoms with E-state index in [4.69, 9.17) is 4.52 Å². The van der Waals surface area contributed by atoms with Crippen molar-refractivity contribution in [3.63, 3.8) is 0 Å². The summed E-state index contributed by atoms with van der Waals surface area (Å²) in [7, 11) is 0. The van der Waals surface area contributed by atoms with Crippen molar-refractivity contribution in [3.8, 4) is 17.3 Å². The fourth-order valence-corrected chi connectivity index (χ4v) is 3.66.